The van der Waals surface area contributed by atoms with Gasteiger partial charge in [0, 0.05) is 25.2 Å². The van der Waals surface area contributed by atoms with Crippen molar-refractivity contribution in [3.63, 3.8) is 0 Å². The van der Waals surface area contributed by atoms with E-state index in [1.807, 2.05) is 31.2 Å². The molecule has 1 aromatic heterocycles. The Labute approximate surface area is 413 Å². The predicted molar refractivity (Wildman–Crippen MR) is 259 cm³/mol. The molecule has 3 aromatic carbocycles. The van der Waals surface area contributed by atoms with Crippen molar-refractivity contribution < 1.29 is 56.4 Å². The lowest BCUT2D eigenvalue weighted by Crippen LogP contribution is -2.58. The fourth-order valence-electron chi connectivity index (χ4n) is 7.96. The van der Waals surface area contributed by atoms with Crippen LogP contribution in [0.15, 0.2) is 72.2 Å². The summed E-state index contributed by atoms with van der Waals surface area (Å²) in [4.78, 5) is 63.1. The van der Waals surface area contributed by atoms with Crippen molar-refractivity contribution in [1.82, 2.24) is 20.5 Å². The molecular weight excluding hydrogens is 952 g/mol. The number of thiocarbonyl (C=S) groups is 1. The number of rotatable bonds is 20. The number of carbonyl (C=O) groups excluding carboxylic acids is 4. The minimum atomic E-state index is -4.81. The number of aliphatic hydroxyl groups excluding tert-OH is 1. The first-order valence-electron chi connectivity index (χ1n) is 22.4. The molecule has 0 aliphatic carbocycles. The summed E-state index contributed by atoms with van der Waals surface area (Å²) in [6.07, 6.45) is -5.64. The Kier molecular flexibility index (Phi) is 17.4. The average Bonchev–Trinajstić information content (AvgIpc) is 3.98. The SMILES string of the molecule is Cc1ncsc1-c1ccc(CNC(=O)[C@@H]2C[C@@H](O)CN2C(=O)[C@@H](NC(=O)COCCOCCOCCOc2ccc(N3C(=S)N(c4ccc(C#N)c(C(F)(F)F)c4)C(=O)C3(C)C)cc2)C(C)(C)C)cc1. The minimum Gasteiger partial charge on any atom is -0.491 e. The first-order chi connectivity index (χ1) is 33.1. The van der Waals surface area contributed by atoms with Crippen molar-refractivity contribution >= 4 is 63.7 Å². The molecule has 6 rings (SSSR count). The zero-order valence-electron chi connectivity index (χ0n) is 39.6. The van der Waals surface area contributed by atoms with E-state index in [1.54, 1.807) is 80.6 Å². The number of likely N-dealkylation sites (tertiary alicyclic amines) is 1. The van der Waals surface area contributed by atoms with Crippen LogP contribution in [0.25, 0.3) is 10.4 Å². The van der Waals surface area contributed by atoms with Crippen molar-refractivity contribution in [2.75, 3.05) is 62.6 Å². The summed E-state index contributed by atoms with van der Waals surface area (Å²) in [5.74, 6) is -1.45. The van der Waals surface area contributed by atoms with Crippen LogP contribution in [0.1, 0.15) is 63.4 Å². The van der Waals surface area contributed by atoms with E-state index in [0.717, 1.165) is 38.7 Å². The van der Waals surface area contributed by atoms with Crippen LogP contribution in [-0.4, -0.2) is 120 Å². The van der Waals surface area contributed by atoms with Gasteiger partial charge in [-0.25, -0.2) is 4.98 Å². The summed E-state index contributed by atoms with van der Waals surface area (Å²) in [6, 6.07) is 17.1. The standard InChI is InChI=1S/C49H56F3N7O9S2/c1-30-41(70-29-55-30)32-9-7-31(8-10-32)26-54-43(62)39-24-36(60)27-57(39)44(63)42(47(2,3)4)56-40(61)28-67-20-19-65-17-18-66-21-22-68-37-15-13-34(14-16-37)59-46(69)58(45(64)48(59,5)6)35-12-11-33(25-53)38(23-35)49(50,51)52/h7-16,23,29,36,39,42,60H,17-22,24,26-28H2,1-6H3,(H,54,62)(H,56,61)/t36-,39+,42-/m1/s1. The number of thiazole rings is 1. The summed E-state index contributed by atoms with van der Waals surface area (Å²) >= 11 is 7.16. The van der Waals surface area contributed by atoms with Crippen LogP contribution in [-0.2, 0) is 46.1 Å². The van der Waals surface area contributed by atoms with E-state index >= 15 is 0 Å². The zero-order chi connectivity index (χ0) is 51.0. The Balaban J connectivity index is 0.867. The summed E-state index contributed by atoms with van der Waals surface area (Å²) in [5, 5.41) is 25.4. The molecule has 21 heteroatoms. The highest BCUT2D eigenvalue weighted by molar-refractivity contribution is 7.81. The van der Waals surface area contributed by atoms with Crippen LogP contribution in [0.3, 0.4) is 0 Å². The van der Waals surface area contributed by atoms with Gasteiger partial charge in [0.1, 0.15) is 36.6 Å². The molecule has 2 aliphatic rings. The van der Waals surface area contributed by atoms with E-state index in [2.05, 4.69) is 15.6 Å². The molecule has 4 amide bonds. The van der Waals surface area contributed by atoms with Crippen LogP contribution < -0.4 is 25.2 Å². The van der Waals surface area contributed by atoms with Crippen LogP contribution in [0.4, 0.5) is 24.5 Å². The van der Waals surface area contributed by atoms with Crippen LogP contribution in [0.2, 0.25) is 0 Å². The number of anilines is 2. The number of nitriles is 1. The maximum absolute atomic E-state index is 13.9. The van der Waals surface area contributed by atoms with Crippen molar-refractivity contribution in [3.8, 4) is 22.3 Å². The molecule has 0 unspecified atom stereocenters. The van der Waals surface area contributed by atoms with Crippen LogP contribution >= 0.6 is 23.6 Å². The third-order valence-corrected chi connectivity index (χ3v) is 13.0. The Hall–Kier alpha value is -6.02. The van der Waals surface area contributed by atoms with Crippen molar-refractivity contribution in [3.05, 3.63) is 94.6 Å². The highest BCUT2D eigenvalue weighted by Crippen LogP contribution is 2.40. The molecule has 0 bridgehead atoms. The molecule has 374 valence electrons. The molecule has 4 aromatic rings. The van der Waals surface area contributed by atoms with Gasteiger partial charge in [-0.1, -0.05) is 45.0 Å². The number of halogens is 3. The fraction of sp³-hybridized carbons (Fsp3) is 0.449. The van der Waals surface area contributed by atoms with Crippen LogP contribution in [0.5, 0.6) is 5.75 Å². The Bertz CT molecular complexity index is 2560. The number of aromatic nitrogens is 1. The molecule has 3 heterocycles. The maximum atomic E-state index is 13.9. The number of alkyl halides is 3. The van der Waals surface area contributed by atoms with Crippen molar-refractivity contribution in [1.29, 1.82) is 5.26 Å². The van der Waals surface area contributed by atoms with Gasteiger partial charge in [0.2, 0.25) is 17.7 Å². The molecule has 16 nitrogen and oxygen atoms in total. The number of benzene rings is 3. The van der Waals surface area contributed by atoms with Gasteiger partial charge in [-0.2, -0.15) is 18.4 Å². The molecule has 2 aliphatic heterocycles. The van der Waals surface area contributed by atoms with Crippen molar-refractivity contribution in [2.45, 2.75) is 84.4 Å². The topological polar surface area (TPSA) is 196 Å². The number of carbonyl (C=O) groups is 4. The van der Waals surface area contributed by atoms with Gasteiger partial charge < -0.3 is 44.5 Å². The highest BCUT2D eigenvalue weighted by Gasteiger charge is 2.51. The molecule has 0 spiro atoms. The maximum Gasteiger partial charge on any atom is 0.417 e. The number of aliphatic hydroxyl groups is 1. The van der Waals surface area contributed by atoms with Gasteiger partial charge >= 0.3 is 6.18 Å². The van der Waals surface area contributed by atoms with Crippen molar-refractivity contribution in [2.24, 2.45) is 5.41 Å². The molecule has 2 saturated heterocycles. The molecule has 3 atom stereocenters. The molecule has 70 heavy (non-hydrogen) atoms. The number of aryl methyl sites for hydroxylation is 1. The zero-order valence-corrected chi connectivity index (χ0v) is 41.3. The quantitative estimate of drug-likeness (QED) is 0.0673. The Morgan fingerprint density at radius 1 is 0.957 bits per heavy atom. The van der Waals surface area contributed by atoms with E-state index in [4.69, 9.17) is 31.2 Å². The lowest BCUT2D eigenvalue weighted by molar-refractivity contribution is -0.144. The Morgan fingerprint density at radius 2 is 1.59 bits per heavy atom. The normalized spacial score (nSPS) is 17.4. The first kappa shape index (κ1) is 53.3. The van der Waals surface area contributed by atoms with E-state index in [0.29, 0.717) is 11.4 Å². The van der Waals surface area contributed by atoms with E-state index < -0.39 is 70.1 Å². The van der Waals surface area contributed by atoms with E-state index in [1.165, 1.54) is 17.0 Å². The summed E-state index contributed by atoms with van der Waals surface area (Å²) in [6.45, 7) is 11.6. The Morgan fingerprint density at radius 3 is 2.19 bits per heavy atom. The van der Waals surface area contributed by atoms with E-state index in [9.17, 15) is 42.7 Å². The number of amides is 4. The average molecular weight is 1010 g/mol. The third kappa shape index (κ3) is 12.8. The fourth-order valence-corrected chi connectivity index (χ4v) is 9.29. The van der Waals surface area contributed by atoms with Gasteiger partial charge in [-0.3, -0.25) is 24.1 Å². The largest absolute Gasteiger partial charge is 0.491 e. The summed E-state index contributed by atoms with van der Waals surface area (Å²) in [7, 11) is 0. The number of β-amino-alcohol motifs (C(OH)–C–C–N with tert-alkyl or cyclic N) is 1. The second kappa shape index (κ2) is 22.8. The van der Waals surface area contributed by atoms with Gasteiger partial charge in [0.05, 0.1) is 78.1 Å². The predicted octanol–water partition coefficient (Wildman–Crippen LogP) is 6.16. The summed E-state index contributed by atoms with van der Waals surface area (Å²) < 4.78 is 63.5. The number of ether oxygens (including phenoxy) is 4. The highest BCUT2D eigenvalue weighted by atomic mass is 32.1. The second-order valence-electron chi connectivity index (χ2n) is 18.2. The van der Waals surface area contributed by atoms with Gasteiger partial charge in [0.25, 0.3) is 5.91 Å². The lowest BCUT2D eigenvalue weighted by atomic mass is 9.85. The first-order valence-corrected chi connectivity index (χ1v) is 23.7. The summed E-state index contributed by atoms with van der Waals surface area (Å²) in [5.41, 5.74) is 1.34. The number of hydrogen-bond acceptors (Lipinski definition) is 13. The number of hydrogen-bond donors (Lipinski definition) is 3. The van der Waals surface area contributed by atoms with Gasteiger partial charge in [0.15, 0.2) is 5.11 Å². The third-order valence-electron chi connectivity index (χ3n) is 11.6. The van der Waals surface area contributed by atoms with Gasteiger partial charge in [-0.05, 0) is 92.0 Å². The van der Waals surface area contributed by atoms with E-state index in [-0.39, 0.29) is 76.6 Å². The number of nitrogens with one attached hydrogen (secondary N) is 2. The number of nitrogens with zero attached hydrogens (tertiary/aromatic N) is 5. The molecule has 3 N–H and O–H groups in total. The second-order valence-corrected chi connectivity index (χ2v) is 19.4. The molecule has 2 fully saturated rings. The monoisotopic (exact) mass is 1010 g/mol. The smallest absolute Gasteiger partial charge is 0.417 e. The van der Waals surface area contributed by atoms with Gasteiger partial charge in [-0.15, -0.1) is 11.3 Å². The molecule has 0 saturated carbocycles. The minimum absolute atomic E-state index is 0.0248. The lowest BCUT2D eigenvalue weighted by Gasteiger charge is -2.35. The molecular formula is C49H56F3N7O9S2. The molecule has 0 radical (unpaired) electrons. The van der Waals surface area contributed by atoms with Crippen LogP contribution in [0, 0.1) is 23.7 Å².